The van der Waals surface area contributed by atoms with Gasteiger partial charge in [-0.15, -0.1) is 0 Å². The van der Waals surface area contributed by atoms with Gasteiger partial charge in [-0.2, -0.15) is 0 Å². The van der Waals surface area contributed by atoms with E-state index >= 15 is 0 Å². The summed E-state index contributed by atoms with van der Waals surface area (Å²) in [6, 6.07) is 6.99. The number of aliphatic hydroxyl groups is 1. The number of hydrogen-bond acceptors (Lipinski definition) is 4. The lowest BCUT2D eigenvalue weighted by Crippen LogP contribution is -2.48. The Bertz CT molecular complexity index is 586. The molecule has 0 radical (unpaired) electrons. The molecule has 0 fully saturated rings. The van der Waals surface area contributed by atoms with Crippen molar-refractivity contribution in [3.05, 3.63) is 47.5 Å². The lowest BCUT2D eigenvalue weighted by atomic mass is 9.74. The van der Waals surface area contributed by atoms with Gasteiger partial charge in [-0.25, -0.2) is 4.79 Å². The number of carbonyl (C=O) groups excluding carboxylic acids is 2. The normalized spacial score (nSPS) is 20.8. The van der Waals surface area contributed by atoms with Gasteiger partial charge in [-0.1, -0.05) is 35.9 Å². The summed E-state index contributed by atoms with van der Waals surface area (Å²) in [5, 5.41) is 11.2. The number of esters is 1. The second-order valence-electron chi connectivity index (χ2n) is 6.02. The summed E-state index contributed by atoms with van der Waals surface area (Å²) in [5.74, 6) is -1.82. The Labute approximate surface area is 130 Å². The quantitative estimate of drug-likeness (QED) is 0.869. The fraction of sp³-hybridized carbons (Fsp3) is 0.444. The summed E-state index contributed by atoms with van der Waals surface area (Å²) in [4.78, 5) is 24.8. The highest BCUT2D eigenvalue weighted by atomic mass is 16.6. The Balaban J connectivity index is 2.48. The third-order valence-electron chi connectivity index (χ3n) is 3.90. The minimum absolute atomic E-state index is 0.241. The maximum absolute atomic E-state index is 12.6. The SMILES string of the molecule is Cc1ccc([C@](O)(C(=O)OC(C)C)[C@@H]2CCC=CC2=O)cc1. The number of allylic oxidation sites excluding steroid dienone is 2. The van der Waals surface area contributed by atoms with Gasteiger partial charge in [0.1, 0.15) is 0 Å². The van der Waals surface area contributed by atoms with Crippen molar-refractivity contribution < 1.29 is 19.4 Å². The lowest BCUT2D eigenvalue weighted by Gasteiger charge is -2.34. The Kier molecular flexibility index (Phi) is 4.81. The summed E-state index contributed by atoms with van der Waals surface area (Å²) in [6.45, 7) is 5.36. The number of benzene rings is 1. The summed E-state index contributed by atoms with van der Waals surface area (Å²) in [6.07, 6.45) is 3.92. The molecule has 0 heterocycles. The molecule has 1 N–H and O–H groups in total. The van der Waals surface area contributed by atoms with E-state index in [2.05, 4.69) is 0 Å². The highest BCUT2D eigenvalue weighted by Gasteiger charge is 2.50. The van der Waals surface area contributed by atoms with Gasteiger partial charge < -0.3 is 9.84 Å². The molecule has 1 aromatic carbocycles. The molecule has 0 amide bonds. The predicted octanol–water partition coefficient (Wildman–Crippen LogP) is 2.67. The summed E-state index contributed by atoms with van der Waals surface area (Å²) in [7, 11) is 0. The Morgan fingerprint density at radius 1 is 1.32 bits per heavy atom. The van der Waals surface area contributed by atoms with Gasteiger partial charge in [-0.05, 0) is 45.3 Å². The lowest BCUT2D eigenvalue weighted by molar-refractivity contribution is -0.180. The van der Waals surface area contributed by atoms with Crippen molar-refractivity contribution in [3.63, 3.8) is 0 Å². The van der Waals surface area contributed by atoms with Crippen LogP contribution < -0.4 is 0 Å². The van der Waals surface area contributed by atoms with Crippen molar-refractivity contribution >= 4 is 11.8 Å². The maximum atomic E-state index is 12.6. The van der Waals surface area contributed by atoms with Gasteiger partial charge >= 0.3 is 5.97 Å². The monoisotopic (exact) mass is 302 g/mol. The number of ketones is 1. The molecule has 4 nitrogen and oxygen atoms in total. The first-order valence-electron chi connectivity index (χ1n) is 7.56. The van der Waals surface area contributed by atoms with E-state index in [9.17, 15) is 14.7 Å². The van der Waals surface area contributed by atoms with Crippen molar-refractivity contribution in [3.8, 4) is 0 Å². The summed E-state index contributed by atoms with van der Waals surface area (Å²) >= 11 is 0. The Morgan fingerprint density at radius 2 is 1.95 bits per heavy atom. The van der Waals surface area contributed by atoms with Crippen molar-refractivity contribution in [2.75, 3.05) is 0 Å². The molecule has 0 aliphatic heterocycles. The second-order valence-corrected chi connectivity index (χ2v) is 6.02. The van der Waals surface area contributed by atoms with Crippen molar-refractivity contribution in [2.24, 2.45) is 5.92 Å². The molecule has 0 spiro atoms. The second kappa shape index (κ2) is 6.44. The van der Waals surface area contributed by atoms with Crippen LogP contribution in [0.4, 0.5) is 0 Å². The van der Waals surface area contributed by atoms with Crippen LogP contribution in [0.1, 0.15) is 37.8 Å². The van der Waals surface area contributed by atoms with E-state index in [-0.39, 0.29) is 11.9 Å². The van der Waals surface area contributed by atoms with Crippen molar-refractivity contribution in [1.29, 1.82) is 0 Å². The Morgan fingerprint density at radius 3 is 2.50 bits per heavy atom. The fourth-order valence-electron chi connectivity index (χ4n) is 2.71. The highest BCUT2D eigenvalue weighted by Crippen LogP contribution is 2.37. The molecule has 22 heavy (non-hydrogen) atoms. The molecular formula is C18H22O4. The average molecular weight is 302 g/mol. The zero-order valence-electron chi connectivity index (χ0n) is 13.2. The maximum Gasteiger partial charge on any atom is 0.343 e. The van der Waals surface area contributed by atoms with E-state index in [4.69, 9.17) is 4.74 Å². The molecule has 0 aromatic heterocycles. The first kappa shape index (κ1) is 16.4. The first-order chi connectivity index (χ1) is 10.4. The van der Waals surface area contributed by atoms with E-state index in [1.165, 1.54) is 6.08 Å². The first-order valence-corrected chi connectivity index (χ1v) is 7.56. The third-order valence-corrected chi connectivity index (χ3v) is 3.90. The molecule has 0 bridgehead atoms. The van der Waals surface area contributed by atoms with Crippen LogP contribution in [0.25, 0.3) is 0 Å². The Hall–Kier alpha value is -1.94. The van der Waals surface area contributed by atoms with Crippen LogP contribution in [0.5, 0.6) is 0 Å². The van der Waals surface area contributed by atoms with E-state index in [0.29, 0.717) is 18.4 Å². The van der Waals surface area contributed by atoms with Gasteiger partial charge in [0.25, 0.3) is 0 Å². The molecular weight excluding hydrogens is 280 g/mol. The zero-order valence-corrected chi connectivity index (χ0v) is 13.2. The average Bonchev–Trinajstić information content (AvgIpc) is 2.47. The van der Waals surface area contributed by atoms with Crippen LogP contribution in [0, 0.1) is 12.8 Å². The van der Waals surface area contributed by atoms with Gasteiger partial charge in [0, 0.05) is 0 Å². The van der Waals surface area contributed by atoms with Crippen molar-refractivity contribution in [2.45, 2.75) is 45.3 Å². The van der Waals surface area contributed by atoms with E-state index in [1.807, 2.05) is 19.1 Å². The van der Waals surface area contributed by atoms with Gasteiger partial charge in [0.05, 0.1) is 12.0 Å². The molecule has 0 saturated heterocycles. The predicted molar refractivity (Wildman–Crippen MR) is 83.2 cm³/mol. The minimum atomic E-state index is -1.94. The smallest absolute Gasteiger partial charge is 0.343 e. The van der Waals surface area contributed by atoms with Crippen LogP contribution in [0.3, 0.4) is 0 Å². The fourth-order valence-corrected chi connectivity index (χ4v) is 2.71. The minimum Gasteiger partial charge on any atom is -0.461 e. The van der Waals surface area contributed by atoms with Gasteiger partial charge in [0.2, 0.25) is 0 Å². The molecule has 2 rings (SSSR count). The van der Waals surface area contributed by atoms with Gasteiger partial charge in [0.15, 0.2) is 11.4 Å². The largest absolute Gasteiger partial charge is 0.461 e. The van der Waals surface area contributed by atoms with Gasteiger partial charge in [-0.3, -0.25) is 4.79 Å². The standard InChI is InChI=1S/C18H22O4/c1-12(2)22-17(20)18(21,14-10-8-13(3)9-11-14)15-6-4-5-7-16(15)19/h5,7-12,15,21H,4,6H2,1-3H3/t15-,18-/m1/s1. The molecule has 2 atom stereocenters. The number of rotatable bonds is 4. The molecule has 118 valence electrons. The van der Waals surface area contributed by atoms with Crippen LogP contribution in [-0.4, -0.2) is 23.0 Å². The molecule has 0 unspecified atom stereocenters. The summed E-state index contributed by atoms with van der Waals surface area (Å²) in [5.41, 5.74) is -0.532. The topological polar surface area (TPSA) is 63.6 Å². The number of carbonyl (C=O) groups is 2. The molecule has 1 aromatic rings. The number of hydrogen-bond donors (Lipinski definition) is 1. The highest BCUT2D eigenvalue weighted by molar-refractivity contribution is 5.98. The van der Waals surface area contributed by atoms with Crippen LogP contribution in [0.2, 0.25) is 0 Å². The van der Waals surface area contributed by atoms with Crippen molar-refractivity contribution in [1.82, 2.24) is 0 Å². The van der Waals surface area contributed by atoms with E-state index in [1.54, 1.807) is 32.1 Å². The molecule has 4 heteroatoms. The number of aryl methyl sites for hydroxylation is 1. The van der Waals surface area contributed by atoms with Crippen LogP contribution in [0.15, 0.2) is 36.4 Å². The molecule has 1 aliphatic rings. The molecule has 0 saturated carbocycles. The summed E-state index contributed by atoms with van der Waals surface area (Å²) < 4.78 is 5.24. The van der Waals surface area contributed by atoms with Crippen LogP contribution >= 0.6 is 0 Å². The zero-order chi connectivity index (χ0) is 16.3. The van der Waals surface area contributed by atoms with E-state index < -0.39 is 17.5 Å². The van der Waals surface area contributed by atoms with E-state index in [0.717, 1.165) is 5.56 Å². The van der Waals surface area contributed by atoms with Crippen LogP contribution in [-0.2, 0) is 19.9 Å². The third kappa shape index (κ3) is 3.12. The number of ether oxygens (including phenoxy) is 1. The molecule has 1 aliphatic carbocycles.